The van der Waals surface area contributed by atoms with Crippen LogP contribution >= 0.6 is 0 Å². The van der Waals surface area contributed by atoms with Crippen molar-refractivity contribution in [3.63, 3.8) is 0 Å². The van der Waals surface area contributed by atoms with Crippen molar-refractivity contribution in [1.29, 1.82) is 0 Å². The van der Waals surface area contributed by atoms with E-state index in [4.69, 9.17) is 0 Å². The summed E-state index contributed by atoms with van der Waals surface area (Å²) >= 11 is 0. The Morgan fingerprint density at radius 1 is 1.29 bits per heavy atom. The molecule has 1 N–H and O–H groups in total. The standard InChI is InChI=1S/C10H19N3O/c1-7(2)10(14,8(3)4)9-6-13(5)12-11-9/h6-8,14H,1-5H3. The average molecular weight is 197 g/mol. The third-order valence-corrected chi connectivity index (χ3v) is 2.77. The lowest BCUT2D eigenvalue weighted by Gasteiger charge is -2.33. The zero-order chi connectivity index (χ0) is 10.9. The van der Waals surface area contributed by atoms with E-state index in [2.05, 4.69) is 10.3 Å². The zero-order valence-electron chi connectivity index (χ0n) is 9.52. The molecule has 0 amide bonds. The zero-order valence-corrected chi connectivity index (χ0v) is 9.52. The molecule has 4 nitrogen and oxygen atoms in total. The second-order valence-electron chi connectivity index (χ2n) is 4.41. The quantitative estimate of drug-likeness (QED) is 0.795. The molecule has 1 heterocycles. The van der Waals surface area contributed by atoms with E-state index in [1.54, 1.807) is 17.9 Å². The molecule has 0 atom stereocenters. The molecule has 0 aliphatic rings. The van der Waals surface area contributed by atoms with Crippen molar-refractivity contribution in [3.8, 4) is 0 Å². The molecular formula is C10H19N3O. The maximum absolute atomic E-state index is 10.5. The highest BCUT2D eigenvalue weighted by Crippen LogP contribution is 2.35. The molecule has 4 heteroatoms. The van der Waals surface area contributed by atoms with Crippen LogP contribution in [0.3, 0.4) is 0 Å². The highest BCUT2D eigenvalue weighted by molar-refractivity contribution is 5.09. The fourth-order valence-electron chi connectivity index (χ4n) is 1.79. The summed E-state index contributed by atoms with van der Waals surface area (Å²) in [6, 6.07) is 0. The van der Waals surface area contributed by atoms with Crippen LogP contribution in [-0.2, 0) is 12.6 Å². The molecular weight excluding hydrogens is 178 g/mol. The van der Waals surface area contributed by atoms with Crippen LogP contribution in [0.2, 0.25) is 0 Å². The molecule has 0 aliphatic heterocycles. The molecule has 0 fully saturated rings. The summed E-state index contributed by atoms with van der Waals surface area (Å²) in [5.41, 5.74) is -0.223. The topological polar surface area (TPSA) is 50.9 Å². The van der Waals surface area contributed by atoms with Crippen LogP contribution in [0.5, 0.6) is 0 Å². The second kappa shape index (κ2) is 3.69. The van der Waals surface area contributed by atoms with Crippen molar-refractivity contribution in [3.05, 3.63) is 11.9 Å². The van der Waals surface area contributed by atoms with Gasteiger partial charge in [-0.1, -0.05) is 32.9 Å². The smallest absolute Gasteiger partial charge is 0.115 e. The molecule has 0 aromatic carbocycles. The summed E-state index contributed by atoms with van der Waals surface area (Å²) in [4.78, 5) is 0. The number of aromatic nitrogens is 3. The van der Waals surface area contributed by atoms with E-state index < -0.39 is 5.60 Å². The lowest BCUT2D eigenvalue weighted by Crippen LogP contribution is -2.38. The van der Waals surface area contributed by atoms with Gasteiger partial charge in [0.1, 0.15) is 11.3 Å². The van der Waals surface area contributed by atoms with Gasteiger partial charge in [-0.05, 0) is 11.8 Å². The summed E-state index contributed by atoms with van der Waals surface area (Å²) in [7, 11) is 1.80. The van der Waals surface area contributed by atoms with Gasteiger partial charge in [-0.15, -0.1) is 5.10 Å². The molecule has 0 radical (unpaired) electrons. The predicted octanol–water partition coefficient (Wildman–Crippen LogP) is 1.31. The summed E-state index contributed by atoms with van der Waals surface area (Å²) < 4.78 is 1.62. The van der Waals surface area contributed by atoms with Gasteiger partial charge < -0.3 is 5.11 Å². The Balaban J connectivity index is 3.12. The first-order chi connectivity index (χ1) is 6.39. The Labute approximate surface area is 84.9 Å². The Morgan fingerprint density at radius 2 is 1.79 bits per heavy atom. The van der Waals surface area contributed by atoms with Crippen LogP contribution in [0.4, 0.5) is 0 Å². The number of aliphatic hydroxyl groups is 1. The van der Waals surface area contributed by atoms with E-state index in [0.29, 0.717) is 5.69 Å². The Morgan fingerprint density at radius 3 is 2.07 bits per heavy atom. The molecule has 14 heavy (non-hydrogen) atoms. The van der Waals surface area contributed by atoms with Crippen LogP contribution < -0.4 is 0 Å². The fourth-order valence-corrected chi connectivity index (χ4v) is 1.79. The summed E-state index contributed by atoms with van der Waals surface area (Å²) in [6.45, 7) is 7.98. The predicted molar refractivity (Wildman–Crippen MR) is 54.6 cm³/mol. The van der Waals surface area contributed by atoms with Gasteiger partial charge in [-0.3, -0.25) is 4.68 Å². The first kappa shape index (κ1) is 11.2. The van der Waals surface area contributed by atoms with Gasteiger partial charge in [-0.2, -0.15) is 0 Å². The number of hydrogen-bond donors (Lipinski definition) is 1. The van der Waals surface area contributed by atoms with Crippen LogP contribution in [0.15, 0.2) is 6.20 Å². The van der Waals surface area contributed by atoms with Crippen molar-refractivity contribution in [2.24, 2.45) is 18.9 Å². The minimum absolute atomic E-state index is 0.124. The monoisotopic (exact) mass is 197 g/mol. The maximum atomic E-state index is 10.5. The van der Waals surface area contributed by atoms with Crippen LogP contribution in [-0.4, -0.2) is 20.1 Å². The highest BCUT2D eigenvalue weighted by Gasteiger charge is 2.39. The normalized spacial score (nSPS) is 12.9. The number of hydrogen-bond acceptors (Lipinski definition) is 3. The SMILES string of the molecule is CC(C)C(O)(c1cn(C)nn1)C(C)C. The van der Waals surface area contributed by atoms with Crippen LogP contribution in [0.25, 0.3) is 0 Å². The van der Waals surface area contributed by atoms with E-state index in [1.807, 2.05) is 27.7 Å². The molecule has 1 aromatic rings. The third-order valence-electron chi connectivity index (χ3n) is 2.77. The third kappa shape index (κ3) is 1.66. The fraction of sp³-hybridized carbons (Fsp3) is 0.800. The summed E-state index contributed by atoms with van der Waals surface area (Å²) in [6.07, 6.45) is 1.78. The Kier molecular flexibility index (Phi) is 2.95. The Bertz CT molecular complexity index is 296. The van der Waals surface area contributed by atoms with E-state index in [1.165, 1.54) is 0 Å². The van der Waals surface area contributed by atoms with Crippen molar-refractivity contribution in [2.45, 2.75) is 33.3 Å². The van der Waals surface area contributed by atoms with E-state index in [9.17, 15) is 5.11 Å². The van der Waals surface area contributed by atoms with Gasteiger partial charge in [0.2, 0.25) is 0 Å². The Hall–Kier alpha value is -0.900. The number of aryl methyl sites for hydroxylation is 1. The second-order valence-corrected chi connectivity index (χ2v) is 4.41. The van der Waals surface area contributed by atoms with Gasteiger partial charge in [0.05, 0.1) is 6.20 Å². The van der Waals surface area contributed by atoms with E-state index in [-0.39, 0.29) is 11.8 Å². The van der Waals surface area contributed by atoms with Gasteiger partial charge in [0.15, 0.2) is 0 Å². The molecule has 0 bridgehead atoms. The first-order valence-corrected chi connectivity index (χ1v) is 4.98. The lowest BCUT2D eigenvalue weighted by atomic mass is 9.78. The van der Waals surface area contributed by atoms with Gasteiger partial charge in [0.25, 0.3) is 0 Å². The molecule has 1 aromatic heterocycles. The largest absolute Gasteiger partial charge is 0.383 e. The summed E-state index contributed by atoms with van der Waals surface area (Å²) in [5.74, 6) is 0.249. The molecule has 1 rings (SSSR count). The van der Waals surface area contributed by atoms with Crippen LogP contribution in [0.1, 0.15) is 33.4 Å². The average Bonchev–Trinajstić information content (AvgIpc) is 2.49. The van der Waals surface area contributed by atoms with Crippen molar-refractivity contribution in [1.82, 2.24) is 15.0 Å². The highest BCUT2D eigenvalue weighted by atomic mass is 16.3. The van der Waals surface area contributed by atoms with Crippen molar-refractivity contribution < 1.29 is 5.11 Å². The maximum Gasteiger partial charge on any atom is 0.115 e. The van der Waals surface area contributed by atoms with Crippen molar-refractivity contribution in [2.75, 3.05) is 0 Å². The van der Waals surface area contributed by atoms with Crippen molar-refractivity contribution >= 4 is 0 Å². The first-order valence-electron chi connectivity index (χ1n) is 4.98. The lowest BCUT2D eigenvalue weighted by molar-refractivity contribution is -0.0569. The number of rotatable bonds is 3. The summed E-state index contributed by atoms with van der Waals surface area (Å²) in [5, 5.41) is 18.4. The molecule has 0 spiro atoms. The van der Waals surface area contributed by atoms with Crippen LogP contribution in [0, 0.1) is 11.8 Å². The molecule has 0 aliphatic carbocycles. The van der Waals surface area contributed by atoms with Gasteiger partial charge >= 0.3 is 0 Å². The van der Waals surface area contributed by atoms with E-state index in [0.717, 1.165) is 0 Å². The molecule has 0 unspecified atom stereocenters. The minimum atomic E-state index is -0.881. The molecule has 80 valence electrons. The molecule has 0 saturated heterocycles. The van der Waals surface area contributed by atoms with E-state index >= 15 is 0 Å². The molecule has 0 saturated carbocycles. The van der Waals surface area contributed by atoms with Gasteiger partial charge in [0, 0.05) is 7.05 Å². The van der Waals surface area contributed by atoms with Gasteiger partial charge in [-0.25, -0.2) is 0 Å². The number of nitrogens with zero attached hydrogens (tertiary/aromatic N) is 3. The minimum Gasteiger partial charge on any atom is -0.383 e.